The number of nitrogens with two attached hydrogens (primary N) is 1. The Bertz CT molecular complexity index is 1150. The lowest BCUT2D eigenvalue weighted by Crippen LogP contribution is -2.50. The van der Waals surface area contributed by atoms with Gasteiger partial charge in [-0.3, -0.25) is 4.98 Å². The van der Waals surface area contributed by atoms with E-state index in [0.29, 0.717) is 48.1 Å². The third kappa shape index (κ3) is 4.08. The Morgan fingerprint density at radius 1 is 1.31 bits per heavy atom. The van der Waals surface area contributed by atoms with E-state index in [0.717, 1.165) is 5.69 Å². The summed E-state index contributed by atoms with van der Waals surface area (Å²) in [6, 6.07) is 7.78. The standard InChI is InChI=1S/C19H21ClFN5O2S/c1-29(27,28)14-4-5-17-18(8-14)26(10-13-3-2-12(20)9-23-13)19(24-17)25-7-6-15(21)16(22)11-25/h2-5,8-9,15-16H,6-7,10-11,22H2,1H3. The van der Waals surface area contributed by atoms with E-state index in [1.165, 1.54) is 6.26 Å². The second-order valence-electron chi connectivity index (χ2n) is 7.30. The molecular formula is C19H21ClFN5O2S. The molecule has 2 atom stereocenters. The number of pyridine rings is 1. The van der Waals surface area contributed by atoms with E-state index in [2.05, 4.69) is 4.98 Å². The van der Waals surface area contributed by atoms with Crippen LogP contribution in [0.1, 0.15) is 12.1 Å². The summed E-state index contributed by atoms with van der Waals surface area (Å²) in [6.07, 6.45) is 2.00. The number of alkyl halides is 1. The van der Waals surface area contributed by atoms with Crippen molar-refractivity contribution in [3.63, 3.8) is 0 Å². The first kappa shape index (κ1) is 20.1. The summed E-state index contributed by atoms with van der Waals surface area (Å²) < 4.78 is 39.9. The Labute approximate surface area is 173 Å². The fourth-order valence-electron chi connectivity index (χ4n) is 3.51. The Kier molecular flexibility index (Phi) is 5.22. The van der Waals surface area contributed by atoms with E-state index in [1.807, 2.05) is 9.47 Å². The van der Waals surface area contributed by atoms with Crippen molar-refractivity contribution >= 4 is 38.4 Å². The summed E-state index contributed by atoms with van der Waals surface area (Å²) in [5.74, 6) is 0.616. The summed E-state index contributed by atoms with van der Waals surface area (Å²) >= 11 is 5.94. The maximum absolute atomic E-state index is 13.9. The van der Waals surface area contributed by atoms with Crippen molar-refractivity contribution in [1.82, 2.24) is 14.5 Å². The fourth-order valence-corrected chi connectivity index (χ4v) is 4.27. The number of sulfone groups is 1. The lowest BCUT2D eigenvalue weighted by Gasteiger charge is -2.34. The first-order valence-electron chi connectivity index (χ1n) is 9.18. The summed E-state index contributed by atoms with van der Waals surface area (Å²) in [6.45, 7) is 1.17. The molecule has 154 valence electrons. The van der Waals surface area contributed by atoms with Gasteiger partial charge in [0, 0.05) is 25.5 Å². The molecule has 29 heavy (non-hydrogen) atoms. The smallest absolute Gasteiger partial charge is 0.206 e. The maximum atomic E-state index is 13.9. The van der Waals surface area contributed by atoms with E-state index < -0.39 is 22.1 Å². The Morgan fingerprint density at radius 2 is 2.10 bits per heavy atom. The quantitative estimate of drug-likeness (QED) is 0.673. The van der Waals surface area contributed by atoms with Crippen LogP contribution >= 0.6 is 11.6 Å². The van der Waals surface area contributed by atoms with Gasteiger partial charge in [-0.15, -0.1) is 0 Å². The summed E-state index contributed by atoms with van der Waals surface area (Å²) in [4.78, 5) is 11.2. The van der Waals surface area contributed by atoms with Gasteiger partial charge < -0.3 is 15.2 Å². The Morgan fingerprint density at radius 3 is 2.76 bits per heavy atom. The molecule has 4 rings (SSSR count). The second-order valence-corrected chi connectivity index (χ2v) is 9.76. The molecule has 1 aliphatic heterocycles. The first-order valence-corrected chi connectivity index (χ1v) is 11.4. The number of imidazole rings is 1. The number of aromatic nitrogens is 3. The highest BCUT2D eigenvalue weighted by Crippen LogP contribution is 2.28. The van der Waals surface area contributed by atoms with Crippen molar-refractivity contribution in [1.29, 1.82) is 0 Å². The molecule has 0 bridgehead atoms. The molecule has 3 aromatic rings. The van der Waals surface area contributed by atoms with Crippen molar-refractivity contribution in [2.45, 2.75) is 30.1 Å². The van der Waals surface area contributed by atoms with E-state index in [1.54, 1.807) is 36.5 Å². The van der Waals surface area contributed by atoms with Gasteiger partial charge in [0.2, 0.25) is 5.95 Å². The van der Waals surface area contributed by atoms with Crippen molar-refractivity contribution < 1.29 is 12.8 Å². The predicted molar refractivity (Wildman–Crippen MR) is 111 cm³/mol. The number of anilines is 1. The highest BCUT2D eigenvalue weighted by molar-refractivity contribution is 7.90. The van der Waals surface area contributed by atoms with E-state index >= 15 is 0 Å². The topological polar surface area (TPSA) is 94.1 Å². The van der Waals surface area contributed by atoms with Crippen LogP contribution < -0.4 is 10.6 Å². The van der Waals surface area contributed by atoms with Crippen molar-refractivity contribution in [2.24, 2.45) is 5.73 Å². The number of halogens is 2. The van der Waals surface area contributed by atoms with Gasteiger partial charge in [0.05, 0.1) is 39.2 Å². The average molecular weight is 438 g/mol. The zero-order valence-electron chi connectivity index (χ0n) is 15.8. The molecular weight excluding hydrogens is 417 g/mol. The third-order valence-electron chi connectivity index (χ3n) is 5.09. The molecule has 1 aliphatic rings. The molecule has 0 radical (unpaired) electrons. The van der Waals surface area contributed by atoms with Crippen LogP contribution in [0, 0.1) is 0 Å². The predicted octanol–water partition coefficient (Wildman–Crippen LogP) is 2.41. The highest BCUT2D eigenvalue weighted by atomic mass is 35.5. The van der Waals surface area contributed by atoms with Gasteiger partial charge in [-0.25, -0.2) is 17.8 Å². The first-order chi connectivity index (χ1) is 13.7. The number of benzene rings is 1. The SMILES string of the molecule is CS(=O)(=O)c1ccc2nc(N3CCC(F)C(N)C3)n(Cc3ccc(Cl)cn3)c2c1. The molecule has 0 aliphatic carbocycles. The number of nitrogens with zero attached hydrogens (tertiary/aromatic N) is 4. The summed E-state index contributed by atoms with van der Waals surface area (Å²) in [5, 5.41) is 0.528. The minimum Gasteiger partial charge on any atom is -0.340 e. The van der Waals surface area contributed by atoms with Crippen molar-refractivity contribution in [3.05, 3.63) is 47.2 Å². The molecule has 2 unspecified atom stereocenters. The van der Waals surface area contributed by atoms with Crippen molar-refractivity contribution in [3.8, 4) is 0 Å². The summed E-state index contributed by atoms with van der Waals surface area (Å²) in [7, 11) is -3.38. The van der Waals surface area contributed by atoms with Gasteiger partial charge in [-0.2, -0.15) is 0 Å². The van der Waals surface area contributed by atoms with Gasteiger partial charge in [-0.1, -0.05) is 11.6 Å². The average Bonchev–Trinajstić information content (AvgIpc) is 3.03. The van der Waals surface area contributed by atoms with E-state index in [9.17, 15) is 12.8 Å². The normalized spacial score (nSPS) is 20.3. The lowest BCUT2D eigenvalue weighted by atomic mass is 10.1. The lowest BCUT2D eigenvalue weighted by molar-refractivity contribution is 0.243. The minimum absolute atomic E-state index is 0.209. The number of rotatable bonds is 4. The number of hydrogen-bond acceptors (Lipinski definition) is 6. The molecule has 1 fully saturated rings. The molecule has 0 spiro atoms. The van der Waals surface area contributed by atoms with Gasteiger partial charge in [0.25, 0.3) is 0 Å². The van der Waals surface area contributed by atoms with Crippen LogP contribution in [0.2, 0.25) is 5.02 Å². The van der Waals surface area contributed by atoms with Crippen LogP contribution in [-0.4, -0.2) is 54.5 Å². The number of hydrogen-bond donors (Lipinski definition) is 1. The monoisotopic (exact) mass is 437 g/mol. The van der Waals surface area contributed by atoms with Gasteiger partial charge in [0.15, 0.2) is 9.84 Å². The molecule has 3 heterocycles. The van der Waals surface area contributed by atoms with E-state index in [-0.39, 0.29) is 4.90 Å². The van der Waals surface area contributed by atoms with Crippen molar-refractivity contribution in [2.75, 3.05) is 24.2 Å². The summed E-state index contributed by atoms with van der Waals surface area (Å²) in [5.41, 5.74) is 7.99. The van der Waals surface area contributed by atoms with Crippen LogP contribution in [0.5, 0.6) is 0 Å². The Balaban J connectivity index is 1.83. The second kappa shape index (κ2) is 7.55. The highest BCUT2D eigenvalue weighted by Gasteiger charge is 2.29. The molecule has 2 N–H and O–H groups in total. The van der Waals surface area contributed by atoms with Gasteiger partial charge in [-0.05, 0) is 36.8 Å². The van der Waals surface area contributed by atoms with Gasteiger partial charge in [0.1, 0.15) is 6.17 Å². The third-order valence-corrected chi connectivity index (χ3v) is 6.42. The van der Waals surface area contributed by atoms with Crippen LogP contribution in [0.4, 0.5) is 10.3 Å². The number of piperidine rings is 1. The molecule has 0 amide bonds. The van der Waals surface area contributed by atoms with E-state index in [4.69, 9.17) is 22.3 Å². The van der Waals surface area contributed by atoms with Crippen LogP contribution in [0.3, 0.4) is 0 Å². The minimum atomic E-state index is -3.38. The molecule has 2 aromatic heterocycles. The molecule has 7 nitrogen and oxygen atoms in total. The van der Waals surface area contributed by atoms with Gasteiger partial charge >= 0.3 is 0 Å². The Hall–Kier alpha value is -2.23. The largest absolute Gasteiger partial charge is 0.340 e. The molecule has 10 heteroatoms. The molecule has 0 saturated carbocycles. The zero-order chi connectivity index (χ0) is 20.8. The number of fused-ring (bicyclic) bond motifs is 1. The van der Waals surface area contributed by atoms with Crippen LogP contribution in [-0.2, 0) is 16.4 Å². The van der Waals surface area contributed by atoms with Crippen LogP contribution in [0.25, 0.3) is 11.0 Å². The fraction of sp³-hybridized carbons (Fsp3) is 0.368. The van der Waals surface area contributed by atoms with Crippen LogP contribution in [0.15, 0.2) is 41.4 Å². The maximum Gasteiger partial charge on any atom is 0.206 e. The zero-order valence-corrected chi connectivity index (χ0v) is 17.4. The molecule has 1 saturated heterocycles. The molecule has 1 aromatic carbocycles.